The molecule has 0 atom stereocenters. The highest BCUT2D eigenvalue weighted by Crippen LogP contribution is 2.53. The van der Waals surface area contributed by atoms with Crippen LogP contribution in [0.1, 0.15) is 49.9 Å². The van der Waals surface area contributed by atoms with Crippen molar-refractivity contribution in [2.75, 3.05) is 4.90 Å². The molecule has 8 aromatic rings. The zero-order valence-corrected chi connectivity index (χ0v) is 31.8. The fraction of sp³-hybridized carbons (Fsp3) is 0.111. The first-order valence-electron chi connectivity index (χ1n) is 19.4. The van der Waals surface area contributed by atoms with E-state index < -0.39 is 0 Å². The third kappa shape index (κ3) is 5.29. The Bertz CT molecular complexity index is 2630. The topological polar surface area (TPSA) is 3.24 Å². The summed E-state index contributed by atoms with van der Waals surface area (Å²) in [6.45, 7) is 9.47. The van der Waals surface area contributed by atoms with Gasteiger partial charge in [-0.15, -0.1) is 0 Å². The first kappa shape index (κ1) is 33.2. The molecule has 0 N–H and O–H groups in total. The maximum atomic E-state index is 2.48. The highest BCUT2D eigenvalue weighted by molar-refractivity contribution is 5.92. The molecule has 0 saturated carbocycles. The van der Waals surface area contributed by atoms with Crippen LogP contribution in [-0.2, 0) is 10.8 Å². The summed E-state index contributed by atoms with van der Waals surface area (Å²) in [5.74, 6) is 0. The van der Waals surface area contributed by atoms with E-state index >= 15 is 0 Å². The van der Waals surface area contributed by atoms with Gasteiger partial charge >= 0.3 is 0 Å². The number of hydrogen-bond acceptors (Lipinski definition) is 1. The number of hydrogen-bond donors (Lipinski definition) is 0. The van der Waals surface area contributed by atoms with E-state index in [1.807, 2.05) is 0 Å². The van der Waals surface area contributed by atoms with Crippen molar-refractivity contribution in [1.82, 2.24) is 0 Å². The minimum absolute atomic E-state index is 0.111. The van der Waals surface area contributed by atoms with Gasteiger partial charge in [-0.1, -0.05) is 179 Å². The molecule has 1 nitrogen and oxygen atoms in total. The van der Waals surface area contributed by atoms with Crippen molar-refractivity contribution in [3.05, 3.63) is 210 Å². The lowest BCUT2D eigenvalue weighted by Gasteiger charge is -2.30. The summed E-state index contributed by atoms with van der Waals surface area (Å²) >= 11 is 0. The number of nitrogens with zero attached hydrogens (tertiary/aromatic N) is 1. The molecule has 0 fully saturated rings. The van der Waals surface area contributed by atoms with Gasteiger partial charge in [-0.25, -0.2) is 0 Å². The first-order chi connectivity index (χ1) is 26.8. The van der Waals surface area contributed by atoms with Crippen LogP contribution in [-0.4, -0.2) is 0 Å². The summed E-state index contributed by atoms with van der Waals surface area (Å²) in [5, 5.41) is 0. The zero-order chi connectivity index (χ0) is 37.3. The average molecular weight is 706 g/mol. The van der Waals surface area contributed by atoms with Gasteiger partial charge in [0, 0.05) is 27.9 Å². The Morgan fingerprint density at radius 3 is 1.16 bits per heavy atom. The molecule has 0 aliphatic heterocycles. The van der Waals surface area contributed by atoms with E-state index in [1.165, 1.54) is 77.9 Å². The highest BCUT2D eigenvalue weighted by Gasteiger charge is 2.37. The van der Waals surface area contributed by atoms with E-state index in [-0.39, 0.29) is 10.8 Å². The second kappa shape index (κ2) is 12.6. The fourth-order valence-electron chi connectivity index (χ4n) is 9.36. The minimum atomic E-state index is -0.111. The normalized spacial score (nSPS) is 14.1. The van der Waals surface area contributed by atoms with Gasteiger partial charge in [-0.3, -0.25) is 0 Å². The summed E-state index contributed by atoms with van der Waals surface area (Å²) in [7, 11) is 0. The third-order valence-corrected chi connectivity index (χ3v) is 12.3. The van der Waals surface area contributed by atoms with E-state index in [0.717, 1.165) is 17.1 Å². The Kier molecular flexibility index (Phi) is 7.58. The first-order valence-corrected chi connectivity index (χ1v) is 19.4. The molecule has 0 saturated heterocycles. The molecular weight excluding hydrogens is 663 g/mol. The molecule has 8 aromatic carbocycles. The fourth-order valence-corrected chi connectivity index (χ4v) is 9.36. The molecule has 0 aromatic heterocycles. The monoisotopic (exact) mass is 705 g/mol. The van der Waals surface area contributed by atoms with Crippen LogP contribution >= 0.6 is 0 Å². The molecule has 0 radical (unpaired) electrons. The second-order valence-electron chi connectivity index (χ2n) is 16.2. The number of benzene rings is 8. The van der Waals surface area contributed by atoms with Gasteiger partial charge < -0.3 is 4.90 Å². The lowest BCUT2D eigenvalue weighted by molar-refractivity contribution is 0.660. The minimum Gasteiger partial charge on any atom is -0.310 e. The molecule has 264 valence electrons. The van der Waals surface area contributed by atoms with Crippen LogP contribution in [0.25, 0.3) is 55.6 Å². The number of fused-ring (bicyclic) bond motifs is 6. The smallest absolute Gasteiger partial charge is 0.0468 e. The Labute approximate surface area is 325 Å². The summed E-state index contributed by atoms with van der Waals surface area (Å²) in [4.78, 5) is 2.48. The Morgan fingerprint density at radius 2 is 0.636 bits per heavy atom. The molecule has 2 aliphatic carbocycles. The SMILES string of the molecule is CC1(C)c2ccccc2-c2ccc(N(c3ccc(-c4ccc(-c5ccccc5)cc4)c(-c4ccccc4)c3)c3ccc4c(c3)C(C)(C)c3ccccc3-4)cc21. The molecule has 0 spiro atoms. The molecule has 0 amide bonds. The van der Waals surface area contributed by atoms with Crippen molar-refractivity contribution < 1.29 is 0 Å². The van der Waals surface area contributed by atoms with Crippen LogP contribution in [0.3, 0.4) is 0 Å². The highest BCUT2D eigenvalue weighted by atomic mass is 15.1. The molecule has 0 bridgehead atoms. The maximum Gasteiger partial charge on any atom is 0.0468 e. The van der Waals surface area contributed by atoms with Gasteiger partial charge in [0.2, 0.25) is 0 Å². The standard InChI is InChI=1S/C54H43N/c1-53(2)49-21-13-11-19-44(49)46-31-28-41(34-51(46)53)55(42-29-32-47-45-20-12-14-22-50(45)54(3,4)52(47)35-42)40-27-30-43(48(33-40)38-17-9-6-10-18-38)39-25-23-37(24-26-39)36-15-7-5-8-16-36/h5-35H,1-4H3. The van der Waals surface area contributed by atoms with Crippen LogP contribution in [0.2, 0.25) is 0 Å². The maximum absolute atomic E-state index is 2.48. The van der Waals surface area contributed by atoms with E-state index in [1.54, 1.807) is 0 Å². The predicted octanol–water partition coefficient (Wildman–Crippen LogP) is 14.8. The van der Waals surface area contributed by atoms with Gasteiger partial charge in [0.25, 0.3) is 0 Å². The largest absolute Gasteiger partial charge is 0.310 e. The summed E-state index contributed by atoms with van der Waals surface area (Å²) in [6.07, 6.45) is 0. The van der Waals surface area contributed by atoms with Crippen LogP contribution in [0.4, 0.5) is 17.1 Å². The molecule has 0 unspecified atom stereocenters. The lowest BCUT2D eigenvalue weighted by Crippen LogP contribution is -2.18. The lowest BCUT2D eigenvalue weighted by atomic mass is 9.82. The molecular formula is C54H43N. The summed E-state index contributed by atoms with van der Waals surface area (Å²) < 4.78 is 0. The zero-order valence-electron chi connectivity index (χ0n) is 31.8. The Hall–Kier alpha value is -6.44. The second-order valence-corrected chi connectivity index (χ2v) is 16.2. The van der Waals surface area contributed by atoms with E-state index in [2.05, 4.69) is 221 Å². The van der Waals surface area contributed by atoms with Crippen LogP contribution in [0.15, 0.2) is 188 Å². The van der Waals surface area contributed by atoms with E-state index in [9.17, 15) is 0 Å². The van der Waals surface area contributed by atoms with Crippen LogP contribution < -0.4 is 4.90 Å². The molecule has 1 heteroatoms. The Morgan fingerprint density at radius 1 is 0.273 bits per heavy atom. The molecule has 0 heterocycles. The van der Waals surface area contributed by atoms with Crippen molar-refractivity contribution in [2.24, 2.45) is 0 Å². The summed E-state index contributed by atoms with van der Waals surface area (Å²) in [5.41, 5.74) is 21.3. The van der Waals surface area contributed by atoms with Gasteiger partial charge in [-0.05, 0) is 114 Å². The van der Waals surface area contributed by atoms with Crippen LogP contribution in [0.5, 0.6) is 0 Å². The number of anilines is 3. The van der Waals surface area contributed by atoms with Gasteiger partial charge in [-0.2, -0.15) is 0 Å². The number of rotatable bonds is 6. The van der Waals surface area contributed by atoms with Crippen molar-refractivity contribution in [3.63, 3.8) is 0 Å². The quantitative estimate of drug-likeness (QED) is 0.166. The van der Waals surface area contributed by atoms with E-state index in [0.29, 0.717) is 0 Å². The average Bonchev–Trinajstić information content (AvgIpc) is 3.61. The van der Waals surface area contributed by atoms with Crippen molar-refractivity contribution in [3.8, 4) is 55.6 Å². The van der Waals surface area contributed by atoms with Crippen molar-refractivity contribution in [1.29, 1.82) is 0 Å². The van der Waals surface area contributed by atoms with Gasteiger partial charge in [0.1, 0.15) is 0 Å². The molecule has 2 aliphatic rings. The third-order valence-electron chi connectivity index (χ3n) is 12.3. The summed E-state index contributed by atoms with van der Waals surface area (Å²) in [6, 6.07) is 69.6. The molecule has 10 rings (SSSR count). The van der Waals surface area contributed by atoms with Crippen LogP contribution in [0, 0.1) is 0 Å². The van der Waals surface area contributed by atoms with Gasteiger partial charge in [0.15, 0.2) is 0 Å². The van der Waals surface area contributed by atoms with Crippen molar-refractivity contribution >= 4 is 17.1 Å². The Balaban J connectivity index is 1.16. The van der Waals surface area contributed by atoms with E-state index in [4.69, 9.17) is 0 Å². The predicted molar refractivity (Wildman–Crippen MR) is 233 cm³/mol. The molecule has 55 heavy (non-hydrogen) atoms. The van der Waals surface area contributed by atoms with Gasteiger partial charge in [0.05, 0.1) is 0 Å². The van der Waals surface area contributed by atoms with Crippen molar-refractivity contribution in [2.45, 2.75) is 38.5 Å².